The number of aromatic hydroxyl groups is 1. The lowest BCUT2D eigenvalue weighted by molar-refractivity contribution is 0.147. The van der Waals surface area contributed by atoms with E-state index in [9.17, 15) is 5.11 Å². The van der Waals surface area contributed by atoms with Gasteiger partial charge in [-0.3, -0.25) is 4.90 Å². The van der Waals surface area contributed by atoms with Gasteiger partial charge in [-0.05, 0) is 42.8 Å². The molecule has 1 aliphatic rings. The van der Waals surface area contributed by atoms with E-state index in [4.69, 9.17) is 12.2 Å². The van der Waals surface area contributed by atoms with E-state index >= 15 is 0 Å². The van der Waals surface area contributed by atoms with E-state index in [1.165, 1.54) is 16.0 Å². The van der Waals surface area contributed by atoms with Crippen molar-refractivity contribution in [3.8, 4) is 16.2 Å². The maximum Gasteiger partial charge on any atom is 0.120 e. The van der Waals surface area contributed by atoms with Crippen LogP contribution in [0.2, 0.25) is 0 Å². The number of hydrogen-bond acceptors (Lipinski definition) is 6. The number of rotatable bonds is 5. The zero-order valence-electron chi connectivity index (χ0n) is 14.2. The zero-order valence-corrected chi connectivity index (χ0v) is 16.7. The molecule has 2 aromatic rings. The van der Waals surface area contributed by atoms with Crippen molar-refractivity contribution in [2.75, 3.05) is 33.2 Å². The molecule has 3 rings (SSSR count). The maximum absolute atomic E-state index is 10.3. The molecule has 1 aliphatic heterocycles. The molecule has 0 atom stereocenters. The van der Waals surface area contributed by atoms with Crippen LogP contribution in [0.25, 0.3) is 10.4 Å². The molecule has 2 heterocycles. The van der Waals surface area contributed by atoms with Crippen molar-refractivity contribution in [2.24, 2.45) is 0 Å². The van der Waals surface area contributed by atoms with Gasteiger partial charge in [0, 0.05) is 38.3 Å². The second-order valence-corrected chi connectivity index (χ2v) is 9.25. The number of benzene rings is 1. The lowest BCUT2D eigenvalue weighted by Crippen LogP contribution is -2.43. The minimum absolute atomic E-state index is 0.397. The molecule has 0 bridgehead atoms. The highest BCUT2D eigenvalue weighted by Gasteiger charge is 2.17. The first kappa shape index (κ1) is 18.0. The first-order valence-electron chi connectivity index (χ1n) is 8.43. The first-order valence-corrected chi connectivity index (χ1v) is 11.0. The van der Waals surface area contributed by atoms with Gasteiger partial charge in [0.15, 0.2) is 0 Å². The van der Waals surface area contributed by atoms with Crippen LogP contribution in [-0.2, 0) is 13.0 Å². The quantitative estimate of drug-likeness (QED) is 0.605. The molecule has 0 radical (unpaired) electrons. The number of piperazine rings is 1. The molecule has 1 aromatic carbocycles. The van der Waals surface area contributed by atoms with Crippen LogP contribution in [0.1, 0.15) is 24.5 Å². The molecule has 3 nitrogen and oxygen atoms in total. The molecule has 24 heavy (non-hydrogen) atoms. The Morgan fingerprint density at radius 3 is 2.62 bits per heavy atom. The van der Waals surface area contributed by atoms with Crippen molar-refractivity contribution in [3.63, 3.8) is 0 Å². The monoisotopic (exact) mass is 380 g/mol. The van der Waals surface area contributed by atoms with Crippen molar-refractivity contribution in [2.45, 2.75) is 26.3 Å². The van der Waals surface area contributed by atoms with E-state index in [0.717, 1.165) is 55.0 Å². The SMILES string of the molecule is CCCc1c(-c2ccc(O)c(CN3CCN(C)CC3)c2)ssc1=S. The van der Waals surface area contributed by atoms with Gasteiger partial charge in [0.2, 0.25) is 0 Å². The van der Waals surface area contributed by atoms with Crippen LogP contribution in [0.4, 0.5) is 0 Å². The number of phenolic OH excluding ortho intramolecular Hbond substituents is 1. The predicted octanol–water partition coefficient (Wildman–Crippen LogP) is 4.61. The summed E-state index contributed by atoms with van der Waals surface area (Å²) in [5.41, 5.74) is 3.51. The summed E-state index contributed by atoms with van der Waals surface area (Å²) in [7, 11) is 5.62. The van der Waals surface area contributed by atoms with Gasteiger partial charge in [-0.1, -0.05) is 46.2 Å². The molecule has 0 aliphatic carbocycles. The minimum atomic E-state index is 0.397. The van der Waals surface area contributed by atoms with Gasteiger partial charge >= 0.3 is 0 Å². The molecule has 1 fully saturated rings. The predicted molar refractivity (Wildman–Crippen MR) is 107 cm³/mol. The lowest BCUT2D eigenvalue weighted by atomic mass is 10.0. The Balaban J connectivity index is 1.85. The van der Waals surface area contributed by atoms with Crippen LogP contribution >= 0.6 is 32.9 Å². The van der Waals surface area contributed by atoms with E-state index in [0.29, 0.717) is 5.75 Å². The third-order valence-corrected chi connectivity index (χ3v) is 7.75. The minimum Gasteiger partial charge on any atom is -0.508 e. The molecular weight excluding hydrogens is 356 g/mol. The third-order valence-electron chi connectivity index (χ3n) is 4.55. The van der Waals surface area contributed by atoms with Crippen molar-refractivity contribution < 1.29 is 5.11 Å². The standard InChI is InChI=1S/C18H24N2OS3/c1-3-4-15-17(23-24-18(15)22)13-5-6-16(21)14(11-13)12-20-9-7-19(2)8-10-20/h5-6,11,21H,3-4,7-10,12H2,1-2H3. The van der Waals surface area contributed by atoms with Crippen LogP contribution in [0.3, 0.4) is 0 Å². The molecule has 130 valence electrons. The van der Waals surface area contributed by atoms with E-state index in [1.54, 1.807) is 20.7 Å². The normalized spacial score (nSPS) is 16.6. The Labute approximate surface area is 156 Å². The Hall–Kier alpha value is -0.790. The number of phenols is 1. The molecule has 0 spiro atoms. The van der Waals surface area contributed by atoms with Gasteiger partial charge in [0.05, 0.1) is 4.88 Å². The Morgan fingerprint density at radius 2 is 1.92 bits per heavy atom. The summed E-state index contributed by atoms with van der Waals surface area (Å²) in [4.78, 5) is 6.05. The van der Waals surface area contributed by atoms with Crippen LogP contribution < -0.4 is 0 Å². The van der Waals surface area contributed by atoms with Crippen LogP contribution in [0.15, 0.2) is 18.2 Å². The van der Waals surface area contributed by atoms with Crippen LogP contribution in [0, 0.1) is 3.82 Å². The Kier molecular flexibility index (Phi) is 6.05. The Bertz CT molecular complexity index is 745. The summed E-state index contributed by atoms with van der Waals surface area (Å²) in [6, 6.07) is 6.01. The van der Waals surface area contributed by atoms with Crippen molar-refractivity contribution in [1.82, 2.24) is 9.80 Å². The van der Waals surface area contributed by atoms with Gasteiger partial charge in [0.1, 0.15) is 9.57 Å². The Morgan fingerprint density at radius 1 is 1.17 bits per heavy atom. The van der Waals surface area contributed by atoms with Crippen LogP contribution in [0.5, 0.6) is 5.75 Å². The smallest absolute Gasteiger partial charge is 0.120 e. The summed E-state index contributed by atoms with van der Waals surface area (Å²) in [6.07, 6.45) is 2.13. The molecule has 0 amide bonds. The third kappa shape index (κ3) is 4.06. The summed E-state index contributed by atoms with van der Waals surface area (Å²) < 4.78 is 1.02. The van der Waals surface area contributed by atoms with Crippen molar-refractivity contribution >= 4 is 32.9 Å². The highest BCUT2D eigenvalue weighted by molar-refractivity contribution is 7.80. The fourth-order valence-corrected chi connectivity index (χ4v) is 6.06. The summed E-state index contributed by atoms with van der Waals surface area (Å²) in [6.45, 7) is 7.29. The van der Waals surface area contributed by atoms with Gasteiger partial charge < -0.3 is 10.0 Å². The molecule has 1 aromatic heterocycles. The maximum atomic E-state index is 10.3. The van der Waals surface area contributed by atoms with E-state index in [-0.39, 0.29) is 0 Å². The number of hydrogen-bond donors (Lipinski definition) is 1. The van der Waals surface area contributed by atoms with Gasteiger partial charge in [-0.2, -0.15) is 0 Å². The molecule has 6 heteroatoms. The average Bonchev–Trinajstić information content (AvgIpc) is 2.93. The summed E-state index contributed by atoms with van der Waals surface area (Å²) in [5.74, 6) is 0.397. The fourth-order valence-electron chi connectivity index (χ4n) is 3.06. The van der Waals surface area contributed by atoms with Gasteiger partial charge in [-0.25, -0.2) is 0 Å². The topological polar surface area (TPSA) is 26.7 Å². The highest BCUT2D eigenvalue weighted by atomic mass is 32.9. The molecule has 0 unspecified atom stereocenters. The number of nitrogens with zero attached hydrogens (tertiary/aromatic N) is 2. The van der Waals surface area contributed by atoms with Gasteiger partial charge in [0.25, 0.3) is 0 Å². The summed E-state index contributed by atoms with van der Waals surface area (Å²) in [5, 5.41) is 10.3. The summed E-state index contributed by atoms with van der Waals surface area (Å²) >= 11 is 5.51. The molecular formula is C18H24N2OS3. The van der Waals surface area contributed by atoms with Gasteiger partial charge in [-0.15, -0.1) is 0 Å². The average molecular weight is 381 g/mol. The van der Waals surface area contributed by atoms with E-state index < -0.39 is 0 Å². The van der Waals surface area contributed by atoms with Crippen molar-refractivity contribution in [1.29, 1.82) is 0 Å². The molecule has 1 N–H and O–H groups in total. The zero-order chi connectivity index (χ0) is 17.1. The van der Waals surface area contributed by atoms with E-state index in [1.807, 2.05) is 12.1 Å². The second kappa shape index (κ2) is 8.06. The van der Waals surface area contributed by atoms with E-state index in [2.05, 4.69) is 29.8 Å². The van der Waals surface area contributed by atoms with Crippen LogP contribution in [-0.4, -0.2) is 48.1 Å². The fraction of sp³-hybridized carbons (Fsp3) is 0.500. The van der Waals surface area contributed by atoms with Crippen molar-refractivity contribution in [3.05, 3.63) is 33.1 Å². The lowest BCUT2D eigenvalue weighted by Gasteiger charge is -2.32. The largest absolute Gasteiger partial charge is 0.508 e. The molecule has 0 saturated carbocycles. The second-order valence-electron chi connectivity index (χ2n) is 6.43. The highest BCUT2D eigenvalue weighted by Crippen LogP contribution is 2.37. The number of likely N-dealkylation sites (N-methyl/N-ethyl adjacent to an activating group) is 1. The molecule has 1 saturated heterocycles. The first-order chi connectivity index (χ1) is 11.6.